The van der Waals surface area contributed by atoms with Crippen LogP contribution in [0.1, 0.15) is 11.6 Å². The molecule has 3 rings (SSSR count). The molecule has 2 N–H and O–H groups in total. The Hall–Kier alpha value is -2.71. The van der Waals surface area contributed by atoms with Crippen LogP contribution >= 0.6 is 11.3 Å². The molecule has 3 aromatic rings. The number of anilines is 1. The summed E-state index contributed by atoms with van der Waals surface area (Å²) < 4.78 is 6.04. The topological polar surface area (TPSA) is 97.5 Å². The number of methoxy groups -OCH3 is 1. The number of thiazole rings is 1. The Morgan fingerprint density at radius 1 is 1.38 bits per heavy atom. The first-order valence-corrected chi connectivity index (χ1v) is 7.99. The maximum atomic E-state index is 10.9. The highest BCUT2D eigenvalue weighted by molar-refractivity contribution is 7.22. The number of aliphatic hydroxyl groups excluding tert-OH is 1. The first-order chi connectivity index (χ1) is 11.6. The zero-order valence-electron chi connectivity index (χ0n) is 12.8. The van der Waals surface area contributed by atoms with E-state index in [0.29, 0.717) is 21.1 Å². The quantitative estimate of drug-likeness (QED) is 0.525. The summed E-state index contributed by atoms with van der Waals surface area (Å²) in [5.74, 6) is 0.667. The Morgan fingerprint density at radius 3 is 2.88 bits per heavy atom. The number of nitrogens with one attached hydrogen (secondary N) is 1. The van der Waals surface area contributed by atoms with E-state index in [1.54, 1.807) is 13.2 Å². The summed E-state index contributed by atoms with van der Waals surface area (Å²) in [5.41, 5.74) is 1.51. The van der Waals surface area contributed by atoms with E-state index >= 15 is 0 Å². The van der Waals surface area contributed by atoms with Gasteiger partial charge < -0.3 is 15.2 Å². The number of ether oxygens (including phenoxy) is 1. The number of nitrogens with zero attached hydrogens (tertiary/aromatic N) is 2. The van der Waals surface area contributed by atoms with Gasteiger partial charge in [0.1, 0.15) is 5.75 Å². The Labute approximate surface area is 141 Å². The van der Waals surface area contributed by atoms with E-state index in [4.69, 9.17) is 4.74 Å². The summed E-state index contributed by atoms with van der Waals surface area (Å²) >= 11 is 1.30. The number of benzene rings is 2. The molecule has 1 aromatic heterocycles. The molecule has 0 aliphatic rings. The van der Waals surface area contributed by atoms with Gasteiger partial charge in [-0.3, -0.25) is 10.1 Å². The minimum Gasteiger partial charge on any atom is -0.496 e. The van der Waals surface area contributed by atoms with Crippen LogP contribution in [0.4, 0.5) is 10.8 Å². The van der Waals surface area contributed by atoms with Crippen molar-refractivity contribution in [2.45, 2.75) is 6.04 Å². The van der Waals surface area contributed by atoms with Crippen molar-refractivity contribution < 1.29 is 14.8 Å². The van der Waals surface area contributed by atoms with Crippen molar-refractivity contribution in [3.63, 3.8) is 0 Å². The molecule has 0 bridgehead atoms. The second-order valence-electron chi connectivity index (χ2n) is 5.05. The normalized spacial score (nSPS) is 12.1. The number of hydrogen-bond donors (Lipinski definition) is 2. The van der Waals surface area contributed by atoms with Gasteiger partial charge in [0.05, 0.1) is 34.9 Å². The summed E-state index contributed by atoms with van der Waals surface area (Å²) in [5, 5.41) is 24.3. The highest BCUT2D eigenvalue weighted by Crippen LogP contribution is 2.33. The third-order valence-electron chi connectivity index (χ3n) is 3.58. The number of aromatic nitrogens is 1. The zero-order chi connectivity index (χ0) is 17.1. The van der Waals surface area contributed by atoms with E-state index in [9.17, 15) is 15.2 Å². The average molecular weight is 345 g/mol. The lowest BCUT2D eigenvalue weighted by Crippen LogP contribution is -2.15. The SMILES string of the molecule is COc1ccccc1[C@@H](CO)Nc1nc2ccc([N+](=O)[O-])cc2s1. The van der Waals surface area contributed by atoms with Crippen molar-refractivity contribution in [2.24, 2.45) is 0 Å². The molecule has 0 radical (unpaired) electrons. The number of nitro benzene ring substituents is 1. The third-order valence-corrected chi connectivity index (χ3v) is 4.53. The molecule has 1 heterocycles. The van der Waals surface area contributed by atoms with E-state index in [1.165, 1.54) is 23.5 Å². The molecule has 8 heteroatoms. The lowest BCUT2D eigenvalue weighted by atomic mass is 10.1. The van der Waals surface area contributed by atoms with Gasteiger partial charge in [-0.2, -0.15) is 0 Å². The minimum atomic E-state index is -0.433. The second-order valence-corrected chi connectivity index (χ2v) is 6.08. The van der Waals surface area contributed by atoms with Crippen molar-refractivity contribution in [3.05, 3.63) is 58.1 Å². The maximum Gasteiger partial charge on any atom is 0.270 e. The van der Waals surface area contributed by atoms with Crippen LogP contribution in [-0.4, -0.2) is 28.7 Å². The molecule has 0 saturated heterocycles. The summed E-state index contributed by atoms with van der Waals surface area (Å²) in [7, 11) is 1.57. The predicted molar refractivity (Wildman–Crippen MR) is 92.7 cm³/mol. The molecule has 0 spiro atoms. The number of nitro groups is 1. The number of aliphatic hydroxyl groups is 1. The lowest BCUT2D eigenvalue weighted by Gasteiger charge is -2.18. The number of rotatable bonds is 6. The van der Waals surface area contributed by atoms with Crippen molar-refractivity contribution in [1.82, 2.24) is 4.98 Å². The van der Waals surface area contributed by atoms with E-state index < -0.39 is 11.0 Å². The van der Waals surface area contributed by atoms with Crippen LogP contribution in [0.25, 0.3) is 10.2 Å². The molecular weight excluding hydrogens is 330 g/mol. The number of non-ortho nitro benzene ring substituents is 1. The van der Waals surface area contributed by atoms with Crippen molar-refractivity contribution in [3.8, 4) is 5.75 Å². The Morgan fingerprint density at radius 2 is 2.17 bits per heavy atom. The van der Waals surface area contributed by atoms with Crippen LogP contribution in [0.15, 0.2) is 42.5 Å². The molecular formula is C16H15N3O4S. The fourth-order valence-corrected chi connectivity index (χ4v) is 3.37. The van der Waals surface area contributed by atoms with Gasteiger partial charge in [0.15, 0.2) is 5.13 Å². The molecule has 0 aliphatic carbocycles. The van der Waals surface area contributed by atoms with Gasteiger partial charge in [0, 0.05) is 17.7 Å². The molecule has 0 saturated carbocycles. The largest absolute Gasteiger partial charge is 0.496 e. The Kier molecular flexibility index (Phi) is 4.59. The maximum absolute atomic E-state index is 10.9. The standard InChI is InChI=1S/C16H15N3O4S/c1-23-14-5-3-2-4-11(14)13(9-20)18-16-17-12-7-6-10(19(21)22)8-15(12)24-16/h2-8,13,20H,9H2,1H3,(H,17,18)/t13-/m1/s1. The van der Waals surface area contributed by atoms with E-state index in [0.717, 1.165) is 5.56 Å². The van der Waals surface area contributed by atoms with Crippen molar-refractivity contribution in [1.29, 1.82) is 0 Å². The summed E-state index contributed by atoms with van der Waals surface area (Å²) in [4.78, 5) is 14.8. The molecule has 0 fully saturated rings. The van der Waals surface area contributed by atoms with Crippen LogP contribution < -0.4 is 10.1 Å². The summed E-state index contributed by atoms with van der Waals surface area (Å²) in [6.45, 7) is -0.142. The first kappa shape index (κ1) is 16.2. The smallest absolute Gasteiger partial charge is 0.270 e. The van der Waals surface area contributed by atoms with Crippen LogP contribution in [0.5, 0.6) is 5.75 Å². The van der Waals surface area contributed by atoms with Gasteiger partial charge in [-0.15, -0.1) is 0 Å². The highest BCUT2D eigenvalue weighted by Gasteiger charge is 2.17. The molecule has 0 amide bonds. The fraction of sp³-hybridized carbons (Fsp3) is 0.188. The van der Waals surface area contributed by atoms with E-state index in [-0.39, 0.29) is 12.3 Å². The average Bonchev–Trinajstić information content (AvgIpc) is 3.01. The van der Waals surface area contributed by atoms with Gasteiger partial charge in [-0.25, -0.2) is 4.98 Å². The molecule has 7 nitrogen and oxygen atoms in total. The van der Waals surface area contributed by atoms with Gasteiger partial charge in [0.25, 0.3) is 5.69 Å². The molecule has 124 valence electrons. The van der Waals surface area contributed by atoms with Gasteiger partial charge in [-0.1, -0.05) is 29.5 Å². The molecule has 0 unspecified atom stereocenters. The lowest BCUT2D eigenvalue weighted by molar-refractivity contribution is -0.384. The zero-order valence-corrected chi connectivity index (χ0v) is 13.6. The molecule has 1 atom stereocenters. The monoisotopic (exact) mass is 345 g/mol. The van der Waals surface area contributed by atoms with Gasteiger partial charge >= 0.3 is 0 Å². The number of fused-ring (bicyclic) bond motifs is 1. The van der Waals surface area contributed by atoms with Crippen LogP contribution in [0.2, 0.25) is 0 Å². The van der Waals surface area contributed by atoms with Gasteiger partial charge in [-0.05, 0) is 12.1 Å². The van der Waals surface area contributed by atoms with E-state index in [1.807, 2.05) is 24.3 Å². The number of para-hydroxylation sites is 1. The third kappa shape index (κ3) is 3.15. The highest BCUT2D eigenvalue weighted by atomic mass is 32.1. The van der Waals surface area contributed by atoms with Crippen LogP contribution in [-0.2, 0) is 0 Å². The fourth-order valence-electron chi connectivity index (χ4n) is 2.41. The van der Waals surface area contributed by atoms with Crippen LogP contribution in [0.3, 0.4) is 0 Å². The molecule has 0 aliphatic heterocycles. The first-order valence-electron chi connectivity index (χ1n) is 7.17. The minimum absolute atomic E-state index is 0.0288. The van der Waals surface area contributed by atoms with Crippen LogP contribution in [0, 0.1) is 10.1 Å². The summed E-state index contributed by atoms with van der Waals surface area (Å²) in [6, 6.07) is 11.6. The molecule has 2 aromatic carbocycles. The Balaban J connectivity index is 1.91. The second kappa shape index (κ2) is 6.81. The van der Waals surface area contributed by atoms with Crippen molar-refractivity contribution >= 4 is 32.4 Å². The summed E-state index contributed by atoms with van der Waals surface area (Å²) in [6.07, 6.45) is 0. The molecule has 24 heavy (non-hydrogen) atoms. The number of hydrogen-bond acceptors (Lipinski definition) is 7. The van der Waals surface area contributed by atoms with Gasteiger partial charge in [0.2, 0.25) is 0 Å². The Bertz CT molecular complexity index is 881. The predicted octanol–water partition coefficient (Wildman–Crippen LogP) is 3.36. The van der Waals surface area contributed by atoms with Crippen molar-refractivity contribution in [2.75, 3.05) is 19.0 Å². The van der Waals surface area contributed by atoms with E-state index in [2.05, 4.69) is 10.3 Å².